The first kappa shape index (κ1) is 20.3. The number of carbonyl (C=O) groups is 1. The van der Waals surface area contributed by atoms with Gasteiger partial charge in [0.05, 0.1) is 19.3 Å². The predicted octanol–water partition coefficient (Wildman–Crippen LogP) is 2.12. The molecule has 1 atom stereocenters. The average Bonchev–Trinajstić information content (AvgIpc) is 3.05. The minimum Gasteiger partial charge on any atom is -0.497 e. The van der Waals surface area contributed by atoms with Crippen molar-refractivity contribution >= 4 is 5.91 Å². The van der Waals surface area contributed by atoms with E-state index in [0.29, 0.717) is 43.0 Å². The second-order valence-corrected chi connectivity index (χ2v) is 7.43. The lowest BCUT2D eigenvalue weighted by Gasteiger charge is -2.40. The molecule has 0 unspecified atom stereocenters. The van der Waals surface area contributed by atoms with E-state index in [2.05, 4.69) is 5.16 Å². The third-order valence-electron chi connectivity index (χ3n) is 4.95. The molecule has 0 aliphatic carbocycles. The van der Waals surface area contributed by atoms with Crippen molar-refractivity contribution in [3.63, 3.8) is 0 Å². The zero-order valence-electron chi connectivity index (χ0n) is 16.4. The summed E-state index contributed by atoms with van der Waals surface area (Å²) in [6, 6.07) is 6.26. The van der Waals surface area contributed by atoms with E-state index in [1.807, 2.05) is 24.9 Å². The van der Waals surface area contributed by atoms with E-state index >= 15 is 0 Å². The van der Waals surface area contributed by atoms with Gasteiger partial charge in [-0.3, -0.25) is 9.69 Å². The Balaban J connectivity index is 1.68. The van der Waals surface area contributed by atoms with Crippen LogP contribution in [-0.4, -0.2) is 58.8 Å². The molecular weight excluding hydrogens is 365 g/mol. The largest absolute Gasteiger partial charge is 0.497 e. The zero-order valence-corrected chi connectivity index (χ0v) is 16.4. The van der Waals surface area contributed by atoms with Gasteiger partial charge in [0.15, 0.2) is 11.4 Å². The first-order valence-electron chi connectivity index (χ1n) is 9.25. The molecule has 8 heteroatoms. The van der Waals surface area contributed by atoms with Crippen molar-refractivity contribution < 1.29 is 23.6 Å². The fourth-order valence-electron chi connectivity index (χ4n) is 3.63. The van der Waals surface area contributed by atoms with Gasteiger partial charge in [-0.15, -0.1) is 0 Å². The highest BCUT2D eigenvalue weighted by atomic mass is 19.1. The molecule has 1 amide bonds. The van der Waals surface area contributed by atoms with Crippen molar-refractivity contribution in [1.82, 2.24) is 15.0 Å². The quantitative estimate of drug-likeness (QED) is 0.779. The van der Waals surface area contributed by atoms with Crippen LogP contribution in [0.25, 0.3) is 0 Å². The Morgan fingerprint density at radius 1 is 1.43 bits per heavy atom. The summed E-state index contributed by atoms with van der Waals surface area (Å²) in [7, 11) is 3.32. The molecule has 152 valence electrons. The number of likely N-dealkylation sites (N-methyl/N-ethyl adjacent to an activating group) is 1. The van der Waals surface area contributed by atoms with Gasteiger partial charge in [0, 0.05) is 31.3 Å². The van der Waals surface area contributed by atoms with Gasteiger partial charge in [-0.2, -0.15) is 0 Å². The highest BCUT2D eigenvalue weighted by Gasteiger charge is 2.43. The van der Waals surface area contributed by atoms with Crippen molar-refractivity contribution in [3.8, 4) is 5.75 Å². The molecule has 0 saturated carbocycles. The number of nitrogens with zero attached hydrogens (tertiary/aromatic N) is 3. The van der Waals surface area contributed by atoms with Gasteiger partial charge in [-0.25, -0.2) is 4.39 Å². The summed E-state index contributed by atoms with van der Waals surface area (Å²) in [4.78, 5) is 16.3. The van der Waals surface area contributed by atoms with Crippen LogP contribution in [0.1, 0.15) is 29.9 Å². The molecule has 3 rings (SSSR count). The monoisotopic (exact) mass is 391 g/mol. The van der Waals surface area contributed by atoms with Crippen molar-refractivity contribution in [2.75, 3.05) is 27.2 Å². The molecule has 7 nitrogen and oxygen atoms in total. The fraction of sp³-hybridized carbons (Fsp3) is 0.500. The van der Waals surface area contributed by atoms with Crippen LogP contribution >= 0.6 is 0 Å². The van der Waals surface area contributed by atoms with Gasteiger partial charge in [-0.1, -0.05) is 5.16 Å². The smallest absolute Gasteiger partial charge is 0.256 e. The first-order valence-corrected chi connectivity index (χ1v) is 9.25. The van der Waals surface area contributed by atoms with Crippen LogP contribution < -0.4 is 4.74 Å². The van der Waals surface area contributed by atoms with Crippen LogP contribution in [0.5, 0.6) is 5.75 Å². The van der Waals surface area contributed by atoms with Crippen LogP contribution in [0.2, 0.25) is 0 Å². The van der Waals surface area contributed by atoms with Crippen LogP contribution in [-0.2, 0) is 17.9 Å². The maximum atomic E-state index is 14.2. The summed E-state index contributed by atoms with van der Waals surface area (Å²) < 4.78 is 24.5. The standard InChI is InChI=1S/C20H26FN3O4/c1-14-9-17(28-22-14)12-23(2)13-20(26)7-4-8-24(19(20)25)11-15-10-16(27-3)5-6-18(15)21/h5-6,9-10,26H,4,7-8,11-13H2,1-3H3/t20-/m1/s1. The van der Waals surface area contributed by atoms with Crippen LogP contribution in [0, 0.1) is 12.7 Å². The molecule has 2 heterocycles. The first-order chi connectivity index (χ1) is 13.3. The predicted molar refractivity (Wildman–Crippen MR) is 100 cm³/mol. The number of aromatic nitrogens is 1. The Hall–Kier alpha value is -2.45. The molecule has 1 saturated heterocycles. The highest BCUT2D eigenvalue weighted by molar-refractivity contribution is 5.86. The molecular formula is C20H26FN3O4. The molecule has 1 fully saturated rings. The molecule has 0 bridgehead atoms. The van der Waals surface area contributed by atoms with Crippen molar-refractivity contribution in [1.29, 1.82) is 0 Å². The number of piperidine rings is 1. The Bertz CT molecular complexity index is 841. The molecule has 0 spiro atoms. The Labute approximate surface area is 163 Å². The van der Waals surface area contributed by atoms with E-state index in [0.717, 1.165) is 5.69 Å². The number of likely N-dealkylation sites (tertiary alicyclic amines) is 1. The summed E-state index contributed by atoms with van der Waals surface area (Å²) in [5, 5.41) is 14.9. The van der Waals surface area contributed by atoms with Gasteiger partial charge in [-0.05, 0) is 45.0 Å². The van der Waals surface area contributed by atoms with Crippen LogP contribution in [0.4, 0.5) is 4.39 Å². The maximum absolute atomic E-state index is 14.2. The summed E-state index contributed by atoms with van der Waals surface area (Å²) in [5.41, 5.74) is -0.373. The number of aliphatic hydroxyl groups is 1. The maximum Gasteiger partial charge on any atom is 0.256 e. The minimum atomic E-state index is -1.52. The normalized spacial score (nSPS) is 20.1. The number of rotatable bonds is 7. The number of halogens is 1. The van der Waals surface area contributed by atoms with E-state index in [1.165, 1.54) is 24.1 Å². The number of methoxy groups -OCH3 is 1. The number of amides is 1. The topological polar surface area (TPSA) is 79.0 Å². The van der Waals surface area contributed by atoms with Gasteiger partial charge < -0.3 is 19.3 Å². The van der Waals surface area contributed by atoms with Crippen LogP contribution in [0.3, 0.4) is 0 Å². The Morgan fingerprint density at radius 3 is 2.89 bits per heavy atom. The van der Waals surface area contributed by atoms with Gasteiger partial charge in [0.2, 0.25) is 0 Å². The second-order valence-electron chi connectivity index (χ2n) is 7.43. The number of hydrogen-bond donors (Lipinski definition) is 1. The number of carbonyl (C=O) groups excluding carboxylic acids is 1. The molecule has 2 aromatic rings. The molecule has 1 aliphatic rings. The zero-order chi connectivity index (χ0) is 20.3. The van der Waals surface area contributed by atoms with E-state index in [1.54, 1.807) is 6.07 Å². The van der Waals surface area contributed by atoms with E-state index in [-0.39, 0.29) is 19.0 Å². The molecule has 1 aromatic carbocycles. The van der Waals surface area contributed by atoms with Gasteiger partial charge in [0.25, 0.3) is 5.91 Å². The average molecular weight is 391 g/mol. The van der Waals surface area contributed by atoms with Gasteiger partial charge in [0.1, 0.15) is 11.6 Å². The number of aryl methyl sites for hydroxylation is 1. The SMILES string of the molecule is COc1ccc(F)c(CN2CCC[C@@](O)(CN(C)Cc3cc(C)no3)C2=O)c1. The van der Waals surface area contributed by atoms with E-state index in [4.69, 9.17) is 9.26 Å². The third-order valence-corrected chi connectivity index (χ3v) is 4.95. The Morgan fingerprint density at radius 2 is 2.21 bits per heavy atom. The summed E-state index contributed by atoms with van der Waals surface area (Å²) in [6.07, 6.45) is 1.01. The molecule has 0 radical (unpaired) electrons. The number of ether oxygens (including phenoxy) is 1. The second kappa shape index (κ2) is 8.28. The van der Waals surface area contributed by atoms with E-state index in [9.17, 15) is 14.3 Å². The van der Waals surface area contributed by atoms with Crippen molar-refractivity contribution in [2.45, 2.75) is 38.5 Å². The molecule has 28 heavy (non-hydrogen) atoms. The van der Waals surface area contributed by atoms with E-state index < -0.39 is 11.4 Å². The van der Waals surface area contributed by atoms with Gasteiger partial charge >= 0.3 is 0 Å². The molecule has 1 N–H and O–H groups in total. The fourth-order valence-corrected chi connectivity index (χ4v) is 3.63. The summed E-state index contributed by atoms with van der Waals surface area (Å²) in [5.74, 6) is 0.405. The van der Waals surface area contributed by atoms with Crippen molar-refractivity contribution in [3.05, 3.63) is 47.1 Å². The third kappa shape index (κ3) is 4.51. The lowest BCUT2D eigenvalue weighted by Crippen LogP contribution is -2.57. The lowest BCUT2D eigenvalue weighted by molar-refractivity contribution is -0.160. The summed E-state index contributed by atoms with van der Waals surface area (Å²) >= 11 is 0. The minimum absolute atomic E-state index is 0.0924. The molecule has 1 aliphatic heterocycles. The highest BCUT2D eigenvalue weighted by Crippen LogP contribution is 2.27. The Kier molecular flexibility index (Phi) is 6.00. The number of hydrogen-bond acceptors (Lipinski definition) is 6. The lowest BCUT2D eigenvalue weighted by atomic mass is 9.90. The van der Waals surface area contributed by atoms with Crippen molar-refractivity contribution in [2.24, 2.45) is 0 Å². The van der Waals surface area contributed by atoms with Crippen LogP contribution in [0.15, 0.2) is 28.8 Å². The molecule has 1 aromatic heterocycles. The summed E-state index contributed by atoms with van der Waals surface area (Å²) in [6.45, 7) is 2.99. The number of benzene rings is 1.